The van der Waals surface area contributed by atoms with Crippen LogP contribution in [0.15, 0.2) is 24.3 Å². The zero-order valence-electron chi connectivity index (χ0n) is 11.4. The Morgan fingerprint density at radius 2 is 1.85 bits per heavy atom. The molecule has 1 N–H and O–H groups in total. The van der Waals surface area contributed by atoms with Crippen LogP contribution in [0.3, 0.4) is 0 Å². The van der Waals surface area contributed by atoms with Crippen LogP contribution in [0.4, 0.5) is 4.39 Å². The number of rotatable bonds is 4. The van der Waals surface area contributed by atoms with Gasteiger partial charge < -0.3 is 5.32 Å². The highest BCUT2D eigenvalue weighted by molar-refractivity contribution is 5.34. The van der Waals surface area contributed by atoms with Crippen molar-refractivity contribution >= 4 is 0 Å². The lowest BCUT2D eigenvalue weighted by Crippen LogP contribution is -2.41. The van der Waals surface area contributed by atoms with Crippen molar-refractivity contribution in [3.05, 3.63) is 35.6 Å². The summed E-state index contributed by atoms with van der Waals surface area (Å²) in [4.78, 5) is 0. The highest BCUT2D eigenvalue weighted by atomic mass is 19.1. The van der Waals surface area contributed by atoms with E-state index in [4.69, 9.17) is 5.26 Å². The van der Waals surface area contributed by atoms with Crippen molar-refractivity contribution in [3.8, 4) is 12.1 Å². The lowest BCUT2D eigenvalue weighted by Gasteiger charge is -2.37. The molecule has 0 saturated carbocycles. The summed E-state index contributed by atoms with van der Waals surface area (Å²) in [5.74, 6) is -0.0845. The quantitative estimate of drug-likeness (QED) is 0.916. The summed E-state index contributed by atoms with van der Waals surface area (Å²) in [5.41, 5.74) is 0.162. The fourth-order valence-corrected chi connectivity index (χ4v) is 3.11. The minimum Gasteiger partial charge on any atom is -0.317 e. The zero-order valence-corrected chi connectivity index (χ0v) is 11.4. The minimum atomic E-state index is -0.675. The SMILES string of the molecule is N#CCC[C@](C#N)(c1ccc(F)cc1)C1CCNCC1. The topological polar surface area (TPSA) is 59.6 Å². The van der Waals surface area contributed by atoms with Crippen molar-refractivity contribution in [2.45, 2.75) is 31.1 Å². The monoisotopic (exact) mass is 271 g/mol. The third-order valence-corrected chi connectivity index (χ3v) is 4.23. The molecule has 0 unspecified atom stereocenters. The number of nitrogens with one attached hydrogen (secondary N) is 1. The molecule has 1 aromatic rings. The van der Waals surface area contributed by atoms with Gasteiger partial charge in [0.05, 0.1) is 17.6 Å². The van der Waals surface area contributed by atoms with E-state index in [9.17, 15) is 9.65 Å². The molecule has 4 heteroatoms. The predicted octanol–water partition coefficient (Wildman–Crippen LogP) is 2.89. The van der Waals surface area contributed by atoms with Crippen LogP contribution >= 0.6 is 0 Å². The van der Waals surface area contributed by atoms with Crippen LogP contribution < -0.4 is 5.32 Å². The minimum absolute atomic E-state index is 0.215. The Labute approximate surface area is 119 Å². The maximum atomic E-state index is 13.1. The average molecular weight is 271 g/mol. The third kappa shape index (κ3) is 2.81. The van der Waals surface area contributed by atoms with Gasteiger partial charge in [-0.15, -0.1) is 0 Å². The van der Waals surface area contributed by atoms with Gasteiger partial charge in [0.1, 0.15) is 5.82 Å². The number of nitriles is 2. The summed E-state index contributed by atoms with van der Waals surface area (Å²) in [6.07, 6.45) is 2.68. The standard InChI is InChI=1S/C16H18FN3/c17-15-4-2-13(3-5-15)16(12-19,8-1-9-18)14-6-10-20-11-7-14/h2-5,14,20H,1,6-8,10-11H2/t16-/m0/s1. The van der Waals surface area contributed by atoms with Crippen molar-refractivity contribution in [2.24, 2.45) is 5.92 Å². The number of nitrogens with zero attached hydrogens (tertiary/aromatic N) is 2. The Morgan fingerprint density at radius 3 is 2.40 bits per heavy atom. The fraction of sp³-hybridized carbons (Fsp3) is 0.500. The van der Waals surface area contributed by atoms with Crippen LogP contribution in [-0.4, -0.2) is 13.1 Å². The molecule has 0 spiro atoms. The average Bonchev–Trinajstić information content (AvgIpc) is 2.51. The molecule has 1 atom stereocenters. The lowest BCUT2D eigenvalue weighted by atomic mass is 9.65. The van der Waals surface area contributed by atoms with Gasteiger partial charge in [-0.3, -0.25) is 0 Å². The number of halogens is 1. The molecule has 1 heterocycles. The lowest BCUT2D eigenvalue weighted by molar-refractivity contribution is 0.251. The molecule has 1 aliphatic rings. The Hall–Kier alpha value is -1.91. The smallest absolute Gasteiger partial charge is 0.123 e. The van der Waals surface area contributed by atoms with Crippen molar-refractivity contribution in [1.82, 2.24) is 5.32 Å². The van der Waals surface area contributed by atoms with E-state index in [-0.39, 0.29) is 11.7 Å². The van der Waals surface area contributed by atoms with E-state index in [1.54, 1.807) is 12.1 Å². The van der Waals surface area contributed by atoms with Crippen molar-refractivity contribution < 1.29 is 4.39 Å². The van der Waals surface area contributed by atoms with E-state index in [0.29, 0.717) is 12.8 Å². The number of hydrogen-bond donors (Lipinski definition) is 1. The Balaban J connectivity index is 2.38. The number of piperidine rings is 1. The Morgan fingerprint density at radius 1 is 1.20 bits per heavy atom. The Bertz CT molecular complexity index is 520. The van der Waals surface area contributed by atoms with Gasteiger partial charge >= 0.3 is 0 Å². The summed E-state index contributed by atoms with van der Waals surface area (Å²) in [7, 11) is 0. The van der Waals surface area contributed by atoms with Crippen molar-refractivity contribution in [3.63, 3.8) is 0 Å². The summed E-state index contributed by atoms with van der Waals surface area (Å²) < 4.78 is 13.1. The summed E-state index contributed by atoms with van der Waals surface area (Å²) in [6, 6.07) is 10.8. The van der Waals surface area contributed by atoms with Crippen LogP contribution in [0.1, 0.15) is 31.2 Å². The second-order valence-electron chi connectivity index (χ2n) is 5.27. The van der Waals surface area contributed by atoms with Gasteiger partial charge in [-0.1, -0.05) is 12.1 Å². The fourth-order valence-electron chi connectivity index (χ4n) is 3.11. The van der Waals surface area contributed by atoms with E-state index in [1.165, 1.54) is 12.1 Å². The normalized spacial score (nSPS) is 18.8. The van der Waals surface area contributed by atoms with Gasteiger partial charge in [0.15, 0.2) is 0 Å². The molecule has 0 amide bonds. The molecule has 2 rings (SSSR count). The van der Waals surface area contributed by atoms with Crippen molar-refractivity contribution in [1.29, 1.82) is 10.5 Å². The van der Waals surface area contributed by atoms with Crippen molar-refractivity contribution in [2.75, 3.05) is 13.1 Å². The van der Waals surface area contributed by atoms with Crippen LogP contribution in [0.2, 0.25) is 0 Å². The predicted molar refractivity (Wildman–Crippen MR) is 74.1 cm³/mol. The van der Waals surface area contributed by atoms with Crippen LogP contribution in [0, 0.1) is 34.4 Å². The first kappa shape index (κ1) is 14.5. The Kier molecular flexibility index (Phi) is 4.71. The first-order valence-electron chi connectivity index (χ1n) is 6.98. The highest BCUT2D eigenvalue weighted by Crippen LogP contribution is 2.41. The van der Waals surface area contributed by atoms with E-state index in [0.717, 1.165) is 31.5 Å². The first-order valence-corrected chi connectivity index (χ1v) is 6.98. The first-order chi connectivity index (χ1) is 9.73. The molecular weight excluding hydrogens is 253 g/mol. The molecular formula is C16H18FN3. The van der Waals surface area contributed by atoms with Gasteiger partial charge in [-0.05, 0) is 56.0 Å². The van der Waals surface area contributed by atoms with E-state index >= 15 is 0 Å². The summed E-state index contributed by atoms with van der Waals surface area (Å²) in [5, 5.41) is 22.0. The molecule has 0 aromatic heterocycles. The number of benzene rings is 1. The van der Waals surface area contributed by atoms with Gasteiger partial charge in [0.25, 0.3) is 0 Å². The second-order valence-corrected chi connectivity index (χ2v) is 5.27. The zero-order chi connectivity index (χ0) is 14.4. The summed E-state index contributed by atoms with van der Waals surface area (Å²) >= 11 is 0. The summed E-state index contributed by atoms with van der Waals surface area (Å²) in [6.45, 7) is 1.78. The van der Waals surface area contributed by atoms with Crippen LogP contribution in [-0.2, 0) is 5.41 Å². The van der Waals surface area contributed by atoms with Gasteiger partial charge in [0, 0.05) is 6.42 Å². The molecule has 20 heavy (non-hydrogen) atoms. The molecule has 0 radical (unpaired) electrons. The van der Waals surface area contributed by atoms with Gasteiger partial charge in [-0.25, -0.2) is 4.39 Å². The van der Waals surface area contributed by atoms with Crippen LogP contribution in [0.5, 0.6) is 0 Å². The molecule has 1 aromatic carbocycles. The molecule has 1 saturated heterocycles. The maximum Gasteiger partial charge on any atom is 0.123 e. The maximum absolute atomic E-state index is 13.1. The van der Waals surface area contributed by atoms with Gasteiger partial charge in [-0.2, -0.15) is 10.5 Å². The third-order valence-electron chi connectivity index (χ3n) is 4.23. The van der Waals surface area contributed by atoms with E-state index in [1.807, 2.05) is 0 Å². The molecule has 3 nitrogen and oxygen atoms in total. The van der Waals surface area contributed by atoms with E-state index in [2.05, 4.69) is 17.5 Å². The molecule has 104 valence electrons. The molecule has 1 aliphatic heterocycles. The molecule has 0 aliphatic carbocycles. The number of hydrogen-bond acceptors (Lipinski definition) is 3. The molecule has 0 bridgehead atoms. The second kappa shape index (κ2) is 6.50. The van der Waals surface area contributed by atoms with Gasteiger partial charge in [0.2, 0.25) is 0 Å². The highest BCUT2D eigenvalue weighted by Gasteiger charge is 2.40. The van der Waals surface area contributed by atoms with Crippen LogP contribution in [0.25, 0.3) is 0 Å². The van der Waals surface area contributed by atoms with E-state index < -0.39 is 5.41 Å². The molecule has 1 fully saturated rings. The largest absolute Gasteiger partial charge is 0.317 e.